The molecule has 0 radical (unpaired) electrons. The normalized spacial score (nSPS) is 14.6. The zero-order chi connectivity index (χ0) is 11.9. The molecule has 0 unspecified atom stereocenters. The van der Waals surface area contributed by atoms with E-state index in [1.807, 2.05) is 0 Å². The summed E-state index contributed by atoms with van der Waals surface area (Å²) in [7, 11) is 0. The van der Waals surface area contributed by atoms with Gasteiger partial charge in [0.25, 0.3) is 11.7 Å². The summed E-state index contributed by atoms with van der Waals surface area (Å²) < 4.78 is 13.5. The number of halogens is 3. The van der Waals surface area contributed by atoms with Crippen LogP contribution in [0.4, 0.5) is 10.1 Å². The van der Waals surface area contributed by atoms with E-state index >= 15 is 0 Å². The molecule has 0 bridgehead atoms. The van der Waals surface area contributed by atoms with Crippen LogP contribution in [0, 0.1) is 5.82 Å². The SMILES string of the molecule is O=C1C(=O)N(CCBr)c2c(Br)cc(F)cc21. The Morgan fingerprint density at radius 3 is 2.62 bits per heavy atom. The summed E-state index contributed by atoms with van der Waals surface area (Å²) in [5.74, 6) is -1.80. The van der Waals surface area contributed by atoms with Crippen molar-refractivity contribution in [3.05, 3.63) is 28.0 Å². The molecule has 84 valence electrons. The summed E-state index contributed by atoms with van der Waals surface area (Å²) in [5.41, 5.74) is 0.577. The maximum Gasteiger partial charge on any atom is 0.299 e. The van der Waals surface area contributed by atoms with Gasteiger partial charge in [0.05, 0.1) is 11.3 Å². The summed E-state index contributed by atoms with van der Waals surface area (Å²) >= 11 is 6.37. The average molecular weight is 351 g/mol. The van der Waals surface area contributed by atoms with Gasteiger partial charge in [0.15, 0.2) is 0 Å². The van der Waals surface area contributed by atoms with Crippen molar-refractivity contribution in [2.75, 3.05) is 16.8 Å². The summed E-state index contributed by atoms with van der Waals surface area (Å²) in [6.45, 7) is 0.377. The predicted octanol–water partition coefficient (Wildman–Crippen LogP) is 2.51. The molecule has 3 nitrogen and oxygen atoms in total. The van der Waals surface area contributed by atoms with Gasteiger partial charge in [-0.1, -0.05) is 15.9 Å². The van der Waals surface area contributed by atoms with Gasteiger partial charge in [-0.15, -0.1) is 0 Å². The van der Waals surface area contributed by atoms with Gasteiger partial charge >= 0.3 is 0 Å². The number of carbonyl (C=O) groups excluding carboxylic acids is 2. The van der Waals surface area contributed by atoms with Crippen molar-refractivity contribution in [2.45, 2.75) is 0 Å². The number of amides is 1. The standard InChI is InChI=1S/C10H6Br2FNO2/c11-1-2-14-8-6(9(15)10(14)16)3-5(13)4-7(8)12/h3-4H,1-2H2. The molecule has 0 atom stereocenters. The first-order valence-corrected chi connectivity index (χ1v) is 6.39. The Hall–Kier alpha value is -0.750. The summed E-state index contributed by atoms with van der Waals surface area (Å²) in [6.07, 6.45) is 0. The number of benzene rings is 1. The third-order valence-electron chi connectivity index (χ3n) is 2.29. The van der Waals surface area contributed by atoms with Crippen LogP contribution < -0.4 is 4.90 Å². The lowest BCUT2D eigenvalue weighted by Crippen LogP contribution is -2.31. The molecule has 0 N–H and O–H groups in total. The maximum absolute atomic E-state index is 13.1. The number of alkyl halides is 1. The third-order valence-corrected chi connectivity index (χ3v) is 3.25. The number of fused-ring (bicyclic) bond motifs is 1. The number of anilines is 1. The van der Waals surface area contributed by atoms with Crippen LogP contribution in [0.1, 0.15) is 10.4 Å². The van der Waals surface area contributed by atoms with Crippen molar-refractivity contribution in [1.82, 2.24) is 0 Å². The number of hydrogen-bond acceptors (Lipinski definition) is 2. The smallest absolute Gasteiger partial charge is 0.299 e. The number of nitrogens with zero attached hydrogens (tertiary/aromatic N) is 1. The molecule has 0 saturated heterocycles. The van der Waals surface area contributed by atoms with Gasteiger partial charge in [-0.05, 0) is 28.1 Å². The van der Waals surface area contributed by atoms with E-state index in [2.05, 4.69) is 31.9 Å². The second kappa shape index (κ2) is 4.25. The zero-order valence-corrected chi connectivity index (χ0v) is 11.1. The van der Waals surface area contributed by atoms with E-state index in [1.165, 1.54) is 11.0 Å². The van der Waals surface area contributed by atoms with Crippen LogP contribution in [0.3, 0.4) is 0 Å². The van der Waals surface area contributed by atoms with E-state index in [0.29, 0.717) is 22.0 Å². The summed E-state index contributed by atoms with van der Waals surface area (Å²) in [5, 5.41) is 0.551. The molecule has 0 saturated carbocycles. The summed E-state index contributed by atoms with van der Waals surface area (Å²) in [6, 6.07) is 2.33. The minimum atomic E-state index is -0.656. The minimum absolute atomic E-state index is 0.123. The van der Waals surface area contributed by atoms with Crippen LogP contribution in [0.2, 0.25) is 0 Å². The molecule has 0 aliphatic carbocycles. The van der Waals surface area contributed by atoms with Crippen molar-refractivity contribution >= 4 is 49.2 Å². The lowest BCUT2D eigenvalue weighted by molar-refractivity contribution is -0.114. The van der Waals surface area contributed by atoms with E-state index in [0.717, 1.165) is 6.07 Å². The molecule has 1 aliphatic rings. The lowest BCUT2D eigenvalue weighted by atomic mass is 10.1. The van der Waals surface area contributed by atoms with E-state index in [9.17, 15) is 14.0 Å². The van der Waals surface area contributed by atoms with Crippen LogP contribution in [-0.4, -0.2) is 23.6 Å². The first-order valence-electron chi connectivity index (χ1n) is 4.47. The van der Waals surface area contributed by atoms with Gasteiger partial charge in [-0.3, -0.25) is 9.59 Å². The molecule has 0 aromatic heterocycles. The van der Waals surface area contributed by atoms with Crippen LogP contribution in [-0.2, 0) is 4.79 Å². The molecule has 6 heteroatoms. The van der Waals surface area contributed by atoms with Crippen LogP contribution in [0.5, 0.6) is 0 Å². The fraction of sp³-hybridized carbons (Fsp3) is 0.200. The number of ketones is 1. The van der Waals surface area contributed by atoms with Gasteiger partial charge in [-0.25, -0.2) is 4.39 Å². The van der Waals surface area contributed by atoms with E-state index in [1.54, 1.807) is 0 Å². The number of Topliss-reactive ketones (excluding diaryl/α,β-unsaturated/α-hetero) is 1. The van der Waals surface area contributed by atoms with Gasteiger partial charge in [-0.2, -0.15) is 0 Å². The Morgan fingerprint density at radius 2 is 2.00 bits per heavy atom. The molecule has 1 amide bonds. The van der Waals surface area contributed by atoms with E-state index in [4.69, 9.17) is 0 Å². The lowest BCUT2D eigenvalue weighted by Gasteiger charge is -2.15. The third kappa shape index (κ3) is 1.69. The second-order valence-electron chi connectivity index (χ2n) is 3.26. The van der Waals surface area contributed by atoms with E-state index in [-0.39, 0.29) is 5.56 Å². The van der Waals surface area contributed by atoms with Crippen molar-refractivity contribution < 1.29 is 14.0 Å². The Labute approximate surface area is 108 Å². The molecule has 0 fully saturated rings. The molecular formula is C10H6Br2FNO2. The zero-order valence-electron chi connectivity index (χ0n) is 7.97. The van der Waals surface area contributed by atoms with Gasteiger partial charge < -0.3 is 4.90 Å². The highest BCUT2D eigenvalue weighted by Crippen LogP contribution is 2.36. The van der Waals surface area contributed by atoms with Gasteiger partial charge in [0.1, 0.15) is 5.82 Å². The van der Waals surface area contributed by atoms with Crippen LogP contribution in [0.15, 0.2) is 16.6 Å². The topological polar surface area (TPSA) is 37.4 Å². The van der Waals surface area contributed by atoms with Crippen molar-refractivity contribution in [3.8, 4) is 0 Å². The van der Waals surface area contributed by atoms with Crippen LogP contribution >= 0.6 is 31.9 Å². The summed E-state index contributed by atoms with van der Waals surface area (Å²) in [4.78, 5) is 24.6. The Bertz CT molecular complexity index is 490. The maximum atomic E-state index is 13.1. The minimum Gasteiger partial charge on any atom is -0.303 e. The number of carbonyl (C=O) groups is 2. The van der Waals surface area contributed by atoms with Crippen molar-refractivity contribution in [3.63, 3.8) is 0 Å². The highest BCUT2D eigenvalue weighted by atomic mass is 79.9. The van der Waals surface area contributed by atoms with E-state index < -0.39 is 17.5 Å². The molecule has 0 spiro atoms. The molecule has 2 rings (SSSR count). The highest BCUT2D eigenvalue weighted by Gasteiger charge is 2.37. The Morgan fingerprint density at radius 1 is 1.31 bits per heavy atom. The first kappa shape index (κ1) is 11.7. The van der Waals surface area contributed by atoms with Crippen molar-refractivity contribution in [1.29, 1.82) is 0 Å². The fourth-order valence-electron chi connectivity index (χ4n) is 1.65. The second-order valence-corrected chi connectivity index (χ2v) is 4.91. The largest absolute Gasteiger partial charge is 0.303 e. The molecule has 1 heterocycles. The molecule has 1 aromatic rings. The van der Waals surface area contributed by atoms with Gasteiger partial charge in [0, 0.05) is 16.3 Å². The van der Waals surface area contributed by atoms with Crippen LogP contribution in [0.25, 0.3) is 0 Å². The first-order chi connectivity index (χ1) is 7.56. The Kier molecular flexibility index (Phi) is 3.12. The quantitative estimate of drug-likeness (QED) is 0.607. The number of hydrogen-bond donors (Lipinski definition) is 0. The van der Waals surface area contributed by atoms with Gasteiger partial charge in [0.2, 0.25) is 0 Å². The number of rotatable bonds is 2. The molecule has 16 heavy (non-hydrogen) atoms. The molecule has 1 aromatic carbocycles. The van der Waals surface area contributed by atoms with Crippen molar-refractivity contribution in [2.24, 2.45) is 0 Å². The average Bonchev–Trinajstić information content (AvgIpc) is 2.44. The molecule has 1 aliphatic heterocycles. The predicted molar refractivity (Wildman–Crippen MR) is 64.6 cm³/mol. The Balaban J connectivity index is 2.60. The molecular weight excluding hydrogens is 345 g/mol. The highest BCUT2D eigenvalue weighted by molar-refractivity contribution is 9.10. The monoisotopic (exact) mass is 349 g/mol. The fourth-order valence-corrected chi connectivity index (χ4v) is 2.65.